The molecule has 13 heavy (non-hydrogen) atoms. The molecule has 0 heterocycles. The van der Waals surface area contributed by atoms with E-state index in [1.807, 2.05) is 12.2 Å². The molecule has 0 aliphatic heterocycles. The van der Waals surface area contributed by atoms with Crippen molar-refractivity contribution in [3.8, 4) is 0 Å². The Balaban J connectivity index is 3.36. The summed E-state index contributed by atoms with van der Waals surface area (Å²) in [6.07, 6.45) is 5.21. The van der Waals surface area contributed by atoms with Crippen LogP contribution in [0.5, 0.6) is 0 Å². The largest absolute Gasteiger partial charge is 0.508 e. The first-order valence-corrected chi connectivity index (χ1v) is 4.65. The minimum absolute atomic E-state index is 0.118. The third-order valence-electron chi connectivity index (χ3n) is 1.25. The molecule has 0 aromatic carbocycles. The molecule has 0 saturated carbocycles. The Morgan fingerprint density at radius 1 is 1.38 bits per heavy atom. The van der Waals surface area contributed by atoms with Crippen molar-refractivity contribution >= 4 is 6.16 Å². The van der Waals surface area contributed by atoms with Gasteiger partial charge in [-0.1, -0.05) is 25.5 Å². The molecule has 0 aliphatic rings. The SMILES string of the molecule is CCC/C=C/COC(=O)OC(C)C. The van der Waals surface area contributed by atoms with Gasteiger partial charge in [0.2, 0.25) is 0 Å². The lowest BCUT2D eigenvalue weighted by Crippen LogP contribution is -2.12. The van der Waals surface area contributed by atoms with E-state index in [0.717, 1.165) is 12.8 Å². The van der Waals surface area contributed by atoms with E-state index < -0.39 is 6.16 Å². The van der Waals surface area contributed by atoms with E-state index >= 15 is 0 Å². The van der Waals surface area contributed by atoms with Crippen molar-refractivity contribution in [3.63, 3.8) is 0 Å². The minimum atomic E-state index is -0.601. The van der Waals surface area contributed by atoms with Crippen molar-refractivity contribution in [2.24, 2.45) is 0 Å². The highest BCUT2D eigenvalue weighted by Crippen LogP contribution is 1.93. The predicted octanol–water partition coefficient (Wildman–Crippen LogP) is 2.90. The zero-order valence-corrected chi connectivity index (χ0v) is 8.58. The molecule has 76 valence electrons. The third kappa shape index (κ3) is 8.92. The Morgan fingerprint density at radius 2 is 2.08 bits per heavy atom. The average molecular weight is 186 g/mol. The average Bonchev–Trinajstić information content (AvgIpc) is 2.02. The van der Waals surface area contributed by atoms with E-state index in [1.165, 1.54) is 0 Å². The molecule has 0 bridgehead atoms. The van der Waals surface area contributed by atoms with Gasteiger partial charge in [-0.3, -0.25) is 0 Å². The van der Waals surface area contributed by atoms with Crippen molar-refractivity contribution in [3.05, 3.63) is 12.2 Å². The topological polar surface area (TPSA) is 35.5 Å². The lowest BCUT2D eigenvalue weighted by molar-refractivity contribution is 0.0414. The highest BCUT2D eigenvalue weighted by atomic mass is 16.7. The fourth-order valence-electron chi connectivity index (χ4n) is 0.695. The smallest absolute Gasteiger partial charge is 0.432 e. The van der Waals surface area contributed by atoms with Crippen LogP contribution in [0.4, 0.5) is 4.79 Å². The Bertz CT molecular complexity index is 162. The Labute approximate surface area is 79.7 Å². The first-order valence-electron chi connectivity index (χ1n) is 4.65. The molecule has 0 aliphatic carbocycles. The number of rotatable bonds is 5. The predicted molar refractivity (Wildman–Crippen MR) is 51.6 cm³/mol. The van der Waals surface area contributed by atoms with Gasteiger partial charge in [-0.05, 0) is 20.3 Å². The van der Waals surface area contributed by atoms with Gasteiger partial charge in [0.05, 0.1) is 6.10 Å². The van der Waals surface area contributed by atoms with Gasteiger partial charge >= 0.3 is 6.16 Å². The second-order valence-electron chi connectivity index (χ2n) is 2.99. The lowest BCUT2D eigenvalue weighted by Gasteiger charge is -2.06. The summed E-state index contributed by atoms with van der Waals surface area (Å²) in [7, 11) is 0. The Hall–Kier alpha value is -0.990. The van der Waals surface area contributed by atoms with Crippen LogP contribution in [-0.4, -0.2) is 18.9 Å². The molecule has 0 radical (unpaired) electrons. The van der Waals surface area contributed by atoms with Crippen LogP contribution >= 0.6 is 0 Å². The summed E-state index contributed by atoms with van der Waals surface area (Å²) in [6, 6.07) is 0. The molecular formula is C10H18O3. The first kappa shape index (κ1) is 12.0. The van der Waals surface area contributed by atoms with Gasteiger partial charge in [0.15, 0.2) is 0 Å². The standard InChI is InChI=1S/C10H18O3/c1-4-5-6-7-8-12-10(11)13-9(2)3/h6-7,9H,4-5,8H2,1-3H3/b7-6+. The van der Waals surface area contributed by atoms with Crippen molar-refractivity contribution in [1.82, 2.24) is 0 Å². The van der Waals surface area contributed by atoms with E-state index in [0.29, 0.717) is 6.61 Å². The monoisotopic (exact) mass is 186 g/mol. The summed E-state index contributed by atoms with van der Waals surface area (Å²) in [6.45, 7) is 5.96. The van der Waals surface area contributed by atoms with E-state index in [-0.39, 0.29) is 6.10 Å². The molecule has 0 rings (SSSR count). The molecule has 0 aromatic rings. The van der Waals surface area contributed by atoms with Gasteiger partial charge in [-0.2, -0.15) is 0 Å². The quantitative estimate of drug-likeness (QED) is 0.489. The number of ether oxygens (including phenoxy) is 2. The van der Waals surface area contributed by atoms with Crippen LogP contribution in [0.1, 0.15) is 33.6 Å². The van der Waals surface area contributed by atoms with Gasteiger partial charge in [-0.25, -0.2) is 4.79 Å². The number of hydrogen-bond acceptors (Lipinski definition) is 3. The van der Waals surface area contributed by atoms with Gasteiger partial charge in [0.1, 0.15) is 6.61 Å². The Kier molecular flexibility index (Phi) is 7.07. The van der Waals surface area contributed by atoms with Crippen LogP contribution in [-0.2, 0) is 9.47 Å². The molecule has 0 saturated heterocycles. The van der Waals surface area contributed by atoms with Gasteiger partial charge in [0, 0.05) is 0 Å². The van der Waals surface area contributed by atoms with E-state index in [2.05, 4.69) is 6.92 Å². The third-order valence-corrected chi connectivity index (χ3v) is 1.25. The molecule has 0 aromatic heterocycles. The second-order valence-corrected chi connectivity index (χ2v) is 2.99. The molecule has 0 atom stereocenters. The number of allylic oxidation sites excluding steroid dienone is 1. The van der Waals surface area contributed by atoms with Crippen molar-refractivity contribution in [2.75, 3.05) is 6.61 Å². The maximum Gasteiger partial charge on any atom is 0.508 e. The van der Waals surface area contributed by atoms with Crippen molar-refractivity contribution in [1.29, 1.82) is 0 Å². The molecule has 0 amide bonds. The molecule has 3 nitrogen and oxygen atoms in total. The normalized spacial score (nSPS) is 10.8. The van der Waals surface area contributed by atoms with Gasteiger partial charge in [0.25, 0.3) is 0 Å². The highest BCUT2D eigenvalue weighted by molar-refractivity contribution is 5.60. The summed E-state index contributed by atoms with van der Waals surface area (Å²) in [5.74, 6) is 0. The van der Waals surface area contributed by atoms with Crippen LogP contribution in [0, 0.1) is 0 Å². The number of carbonyl (C=O) groups is 1. The van der Waals surface area contributed by atoms with E-state index in [1.54, 1.807) is 13.8 Å². The highest BCUT2D eigenvalue weighted by Gasteiger charge is 2.03. The zero-order valence-electron chi connectivity index (χ0n) is 8.58. The number of unbranched alkanes of at least 4 members (excludes halogenated alkanes) is 1. The van der Waals surface area contributed by atoms with Crippen molar-refractivity contribution in [2.45, 2.75) is 39.7 Å². The maximum absolute atomic E-state index is 10.8. The zero-order chi connectivity index (χ0) is 10.1. The van der Waals surface area contributed by atoms with Crippen LogP contribution in [0.15, 0.2) is 12.2 Å². The van der Waals surface area contributed by atoms with Crippen molar-refractivity contribution < 1.29 is 14.3 Å². The summed E-state index contributed by atoms with van der Waals surface area (Å²) in [5, 5.41) is 0. The summed E-state index contributed by atoms with van der Waals surface area (Å²) in [4.78, 5) is 10.8. The summed E-state index contributed by atoms with van der Waals surface area (Å²) < 4.78 is 9.51. The number of hydrogen-bond donors (Lipinski definition) is 0. The van der Waals surface area contributed by atoms with Crippen LogP contribution in [0.25, 0.3) is 0 Å². The Morgan fingerprint density at radius 3 is 2.62 bits per heavy atom. The summed E-state index contributed by atoms with van der Waals surface area (Å²) in [5.41, 5.74) is 0. The van der Waals surface area contributed by atoms with Crippen LogP contribution in [0.3, 0.4) is 0 Å². The fourth-order valence-corrected chi connectivity index (χ4v) is 0.695. The molecule has 0 unspecified atom stereocenters. The first-order chi connectivity index (χ1) is 6.16. The second kappa shape index (κ2) is 7.65. The van der Waals surface area contributed by atoms with Gasteiger partial charge in [-0.15, -0.1) is 0 Å². The molecule has 0 fully saturated rings. The van der Waals surface area contributed by atoms with E-state index in [9.17, 15) is 4.79 Å². The molecule has 0 N–H and O–H groups in total. The molecule has 3 heteroatoms. The molecular weight excluding hydrogens is 168 g/mol. The number of carbonyl (C=O) groups excluding carboxylic acids is 1. The molecule has 0 spiro atoms. The maximum atomic E-state index is 10.8. The fraction of sp³-hybridized carbons (Fsp3) is 0.700. The van der Waals surface area contributed by atoms with Crippen LogP contribution < -0.4 is 0 Å². The lowest BCUT2D eigenvalue weighted by atomic mass is 10.3. The summed E-state index contributed by atoms with van der Waals surface area (Å²) >= 11 is 0. The van der Waals surface area contributed by atoms with Crippen LogP contribution in [0.2, 0.25) is 0 Å². The minimum Gasteiger partial charge on any atom is -0.432 e. The van der Waals surface area contributed by atoms with E-state index in [4.69, 9.17) is 9.47 Å². The van der Waals surface area contributed by atoms with Gasteiger partial charge < -0.3 is 9.47 Å².